The van der Waals surface area contributed by atoms with Gasteiger partial charge in [-0.15, -0.1) is 11.8 Å². The summed E-state index contributed by atoms with van der Waals surface area (Å²) in [6.07, 6.45) is 5.43. The van der Waals surface area contributed by atoms with Crippen molar-refractivity contribution >= 4 is 69.5 Å². The Kier molecular flexibility index (Phi) is 10.5. The average molecular weight is 663 g/mol. The van der Waals surface area contributed by atoms with Gasteiger partial charge >= 0.3 is 0 Å². The van der Waals surface area contributed by atoms with Gasteiger partial charge in [0, 0.05) is 37.8 Å². The molecule has 9 heteroatoms. The highest BCUT2D eigenvalue weighted by atomic mass is 127. The Labute approximate surface area is 251 Å². The molecule has 0 saturated carbocycles. The summed E-state index contributed by atoms with van der Waals surface area (Å²) in [4.78, 5) is 44.0. The highest BCUT2D eigenvalue weighted by molar-refractivity contribution is 14.1. The van der Waals surface area contributed by atoms with Crippen LogP contribution in [0.3, 0.4) is 0 Å². The standard InChI is InChI=1S/C31H27IN4O3S/c1-2-28(31(39)34-24-15-13-23(32)14-16-24)40-26-12-6-11-25(19-26)35-30(38)27(18-21-8-7-17-33-20-21)36-29(37)22-9-4-3-5-10-22/h3-20,28H,2H2,1H3,(H,34,39)(H,35,38)(H,36,37)/b27-18-. The van der Waals surface area contributed by atoms with Gasteiger partial charge in [-0.3, -0.25) is 19.4 Å². The van der Waals surface area contributed by atoms with Gasteiger partial charge in [0.2, 0.25) is 5.91 Å². The number of aromatic nitrogens is 1. The van der Waals surface area contributed by atoms with E-state index in [1.54, 1.807) is 60.9 Å². The number of carbonyl (C=O) groups is 3. The molecule has 1 atom stereocenters. The Morgan fingerprint density at radius 1 is 0.900 bits per heavy atom. The first-order valence-corrected chi connectivity index (χ1v) is 14.5. The molecule has 0 spiro atoms. The van der Waals surface area contributed by atoms with Crippen molar-refractivity contribution in [3.8, 4) is 0 Å². The summed E-state index contributed by atoms with van der Waals surface area (Å²) < 4.78 is 1.09. The van der Waals surface area contributed by atoms with Crippen LogP contribution >= 0.6 is 34.4 Å². The summed E-state index contributed by atoms with van der Waals surface area (Å²) >= 11 is 3.64. The first-order valence-electron chi connectivity index (χ1n) is 12.5. The lowest BCUT2D eigenvalue weighted by Gasteiger charge is -2.16. The van der Waals surface area contributed by atoms with Crippen molar-refractivity contribution in [1.29, 1.82) is 0 Å². The van der Waals surface area contributed by atoms with Crippen molar-refractivity contribution in [1.82, 2.24) is 10.3 Å². The number of pyridine rings is 1. The van der Waals surface area contributed by atoms with E-state index in [2.05, 4.69) is 43.5 Å². The van der Waals surface area contributed by atoms with Crippen LogP contribution in [0.15, 0.2) is 114 Å². The van der Waals surface area contributed by atoms with E-state index in [1.807, 2.05) is 55.5 Å². The number of anilines is 2. The molecule has 4 rings (SSSR count). The van der Waals surface area contributed by atoms with Crippen LogP contribution < -0.4 is 16.0 Å². The molecule has 0 saturated heterocycles. The number of nitrogens with zero attached hydrogens (tertiary/aromatic N) is 1. The van der Waals surface area contributed by atoms with Crippen molar-refractivity contribution in [2.75, 3.05) is 10.6 Å². The van der Waals surface area contributed by atoms with Gasteiger partial charge in [0.05, 0.1) is 5.25 Å². The summed E-state index contributed by atoms with van der Waals surface area (Å²) in [7, 11) is 0. The molecule has 0 bridgehead atoms. The molecule has 0 fully saturated rings. The van der Waals surface area contributed by atoms with E-state index in [0.717, 1.165) is 14.2 Å². The number of hydrogen-bond donors (Lipinski definition) is 3. The molecule has 0 aliphatic heterocycles. The Morgan fingerprint density at radius 2 is 1.68 bits per heavy atom. The highest BCUT2D eigenvalue weighted by Crippen LogP contribution is 2.29. The molecule has 0 radical (unpaired) electrons. The molecule has 1 heterocycles. The monoisotopic (exact) mass is 662 g/mol. The van der Waals surface area contributed by atoms with Gasteiger partial charge < -0.3 is 16.0 Å². The summed E-state index contributed by atoms with van der Waals surface area (Å²) in [6.45, 7) is 1.96. The number of benzene rings is 3. The molecule has 0 aliphatic rings. The maximum Gasteiger partial charge on any atom is 0.272 e. The Bertz CT molecular complexity index is 1500. The second-order valence-electron chi connectivity index (χ2n) is 8.66. The van der Waals surface area contributed by atoms with Crippen LogP contribution in [-0.4, -0.2) is 28.0 Å². The van der Waals surface area contributed by atoms with E-state index >= 15 is 0 Å². The zero-order chi connectivity index (χ0) is 28.3. The van der Waals surface area contributed by atoms with Crippen LogP contribution in [0.25, 0.3) is 6.08 Å². The molecule has 3 N–H and O–H groups in total. The van der Waals surface area contributed by atoms with Gasteiger partial charge in [-0.25, -0.2) is 0 Å². The van der Waals surface area contributed by atoms with Gasteiger partial charge in [0.25, 0.3) is 11.8 Å². The number of carbonyl (C=O) groups excluding carboxylic acids is 3. The third-order valence-electron chi connectivity index (χ3n) is 5.67. The second-order valence-corrected chi connectivity index (χ2v) is 11.2. The summed E-state index contributed by atoms with van der Waals surface area (Å²) in [5, 5.41) is 8.24. The van der Waals surface area contributed by atoms with Crippen LogP contribution in [0, 0.1) is 3.57 Å². The predicted molar refractivity (Wildman–Crippen MR) is 169 cm³/mol. The van der Waals surface area contributed by atoms with Crippen LogP contribution in [0.2, 0.25) is 0 Å². The molecule has 3 amide bonds. The molecular formula is C31H27IN4O3S. The van der Waals surface area contributed by atoms with Crippen molar-refractivity contribution < 1.29 is 14.4 Å². The Morgan fingerprint density at radius 3 is 2.38 bits per heavy atom. The number of amides is 3. The SMILES string of the molecule is CCC(Sc1cccc(NC(=O)/C(=C/c2cccnc2)NC(=O)c2ccccc2)c1)C(=O)Nc1ccc(I)cc1. The van der Waals surface area contributed by atoms with E-state index in [1.165, 1.54) is 11.8 Å². The Balaban J connectivity index is 1.48. The average Bonchev–Trinajstić information content (AvgIpc) is 2.98. The number of hydrogen-bond acceptors (Lipinski definition) is 5. The largest absolute Gasteiger partial charge is 0.325 e. The van der Waals surface area contributed by atoms with Crippen molar-refractivity contribution in [2.24, 2.45) is 0 Å². The third kappa shape index (κ3) is 8.52. The fourth-order valence-corrected chi connectivity index (χ4v) is 5.03. The minimum atomic E-state index is -0.487. The normalized spacial score (nSPS) is 11.8. The van der Waals surface area contributed by atoms with E-state index in [9.17, 15) is 14.4 Å². The molecule has 4 aromatic rings. The molecule has 202 valence electrons. The first-order chi connectivity index (χ1) is 19.4. The number of rotatable bonds is 10. The number of thioether (sulfide) groups is 1. The summed E-state index contributed by atoms with van der Waals surface area (Å²) in [6, 6.07) is 27.1. The van der Waals surface area contributed by atoms with Crippen molar-refractivity contribution in [3.63, 3.8) is 0 Å². The topological polar surface area (TPSA) is 100 Å². The smallest absolute Gasteiger partial charge is 0.272 e. The van der Waals surface area contributed by atoms with E-state index < -0.39 is 11.8 Å². The lowest BCUT2D eigenvalue weighted by atomic mass is 10.2. The maximum atomic E-state index is 13.3. The second kappa shape index (κ2) is 14.4. The lowest BCUT2D eigenvalue weighted by molar-refractivity contribution is -0.116. The van der Waals surface area contributed by atoms with Crippen molar-refractivity contribution in [2.45, 2.75) is 23.5 Å². The fourth-order valence-electron chi connectivity index (χ4n) is 3.66. The van der Waals surface area contributed by atoms with E-state index in [-0.39, 0.29) is 16.9 Å². The van der Waals surface area contributed by atoms with Crippen LogP contribution in [-0.2, 0) is 9.59 Å². The molecule has 1 aromatic heterocycles. The van der Waals surface area contributed by atoms with Gasteiger partial charge in [-0.1, -0.05) is 37.3 Å². The van der Waals surface area contributed by atoms with Gasteiger partial charge in [0.1, 0.15) is 5.70 Å². The van der Waals surface area contributed by atoms with Crippen LogP contribution in [0.5, 0.6) is 0 Å². The van der Waals surface area contributed by atoms with Gasteiger partial charge in [0.15, 0.2) is 0 Å². The van der Waals surface area contributed by atoms with E-state index in [0.29, 0.717) is 23.2 Å². The van der Waals surface area contributed by atoms with Crippen LogP contribution in [0.4, 0.5) is 11.4 Å². The fraction of sp³-hybridized carbons (Fsp3) is 0.0968. The first kappa shape index (κ1) is 29.0. The molecule has 1 unspecified atom stereocenters. The highest BCUT2D eigenvalue weighted by Gasteiger charge is 2.19. The zero-order valence-corrected chi connectivity index (χ0v) is 24.6. The summed E-state index contributed by atoms with van der Waals surface area (Å²) in [5.74, 6) is -0.979. The minimum absolute atomic E-state index is 0.0724. The number of halogens is 1. The minimum Gasteiger partial charge on any atom is -0.325 e. The van der Waals surface area contributed by atoms with Crippen LogP contribution in [0.1, 0.15) is 29.3 Å². The molecule has 40 heavy (non-hydrogen) atoms. The third-order valence-corrected chi connectivity index (χ3v) is 7.75. The molecule has 0 aliphatic carbocycles. The van der Waals surface area contributed by atoms with Gasteiger partial charge in [-0.2, -0.15) is 0 Å². The van der Waals surface area contributed by atoms with Crippen molar-refractivity contribution in [3.05, 3.63) is 124 Å². The zero-order valence-electron chi connectivity index (χ0n) is 21.6. The summed E-state index contributed by atoms with van der Waals surface area (Å²) in [5.41, 5.74) is 2.45. The Hall–Kier alpha value is -3.96. The maximum absolute atomic E-state index is 13.3. The quantitative estimate of drug-likeness (QED) is 0.101. The molecule has 3 aromatic carbocycles. The van der Waals surface area contributed by atoms with Gasteiger partial charge in [-0.05, 0) is 101 Å². The molecular weight excluding hydrogens is 635 g/mol. The number of nitrogens with one attached hydrogen (secondary N) is 3. The lowest BCUT2D eigenvalue weighted by Crippen LogP contribution is -2.30. The van der Waals surface area contributed by atoms with E-state index in [4.69, 9.17) is 0 Å². The predicted octanol–water partition coefficient (Wildman–Crippen LogP) is 6.61. The molecule has 7 nitrogen and oxygen atoms in total.